The monoisotopic (exact) mass is 308 g/mol. The molecule has 1 aromatic heterocycles. The fourth-order valence-electron chi connectivity index (χ4n) is 2.55. The highest BCUT2D eigenvalue weighted by Gasteiger charge is 2.11. The molecule has 3 rings (SSSR count). The zero-order valence-electron chi connectivity index (χ0n) is 13.5. The van der Waals surface area contributed by atoms with Gasteiger partial charge in [0.1, 0.15) is 17.3 Å². The minimum Gasteiger partial charge on any atom is -0.457 e. The SMILES string of the molecule is Cc1ccc(C(C)C)c(Oc2ccc3nc(N)nc(N)c3c2)c1. The van der Waals surface area contributed by atoms with E-state index in [1.165, 1.54) is 0 Å². The summed E-state index contributed by atoms with van der Waals surface area (Å²) in [6.45, 7) is 6.34. The topological polar surface area (TPSA) is 87.0 Å². The van der Waals surface area contributed by atoms with Gasteiger partial charge in [0, 0.05) is 5.39 Å². The lowest BCUT2D eigenvalue weighted by molar-refractivity contribution is 0.473. The Hall–Kier alpha value is -2.82. The second kappa shape index (κ2) is 5.76. The van der Waals surface area contributed by atoms with Crippen LogP contribution in [0.25, 0.3) is 10.9 Å². The van der Waals surface area contributed by atoms with Crippen LogP contribution in [-0.2, 0) is 0 Å². The van der Waals surface area contributed by atoms with Crippen LogP contribution in [0.3, 0.4) is 0 Å². The van der Waals surface area contributed by atoms with Gasteiger partial charge in [0.05, 0.1) is 5.52 Å². The van der Waals surface area contributed by atoms with E-state index in [0.29, 0.717) is 23.0 Å². The molecule has 0 radical (unpaired) electrons. The molecule has 1 heterocycles. The predicted molar refractivity (Wildman–Crippen MR) is 93.7 cm³/mol. The highest BCUT2D eigenvalue weighted by atomic mass is 16.5. The van der Waals surface area contributed by atoms with Crippen molar-refractivity contribution in [3.8, 4) is 11.5 Å². The zero-order chi connectivity index (χ0) is 16.6. The Morgan fingerprint density at radius 1 is 1.00 bits per heavy atom. The van der Waals surface area contributed by atoms with E-state index in [2.05, 4.69) is 35.9 Å². The second-order valence-corrected chi connectivity index (χ2v) is 5.94. The normalized spacial score (nSPS) is 11.1. The average Bonchev–Trinajstić information content (AvgIpc) is 2.47. The Morgan fingerprint density at radius 3 is 2.52 bits per heavy atom. The summed E-state index contributed by atoms with van der Waals surface area (Å²) in [5.41, 5.74) is 14.6. The van der Waals surface area contributed by atoms with Crippen LogP contribution >= 0.6 is 0 Å². The number of hydrogen-bond acceptors (Lipinski definition) is 5. The molecule has 0 saturated heterocycles. The van der Waals surface area contributed by atoms with Crippen molar-refractivity contribution >= 4 is 22.7 Å². The maximum Gasteiger partial charge on any atom is 0.222 e. The van der Waals surface area contributed by atoms with Gasteiger partial charge in [-0.1, -0.05) is 26.0 Å². The molecular formula is C18H20N4O. The molecule has 0 aliphatic rings. The van der Waals surface area contributed by atoms with Crippen molar-refractivity contribution in [1.29, 1.82) is 0 Å². The zero-order valence-corrected chi connectivity index (χ0v) is 13.5. The summed E-state index contributed by atoms with van der Waals surface area (Å²) >= 11 is 0. The molecule has 2 aromatic carbocycles. The molecule has 0 aliphatic carbocycles. The predicted octanol–water partition coefficient (Wildman–Crippen LogP) is 4.02. The Balaban J connectivity index is 2.04. The molecule has 0 saturated carbocycles. The molecular weight excluding hydrogens is 288 g/mol. The fourth-order valence-corrected chi connectivity index (χ4v) is 2.55. The smallest absolute Gasteiger partial charge is 0.222 e. The van der Waals surface area contributed by atoms with Crippen LogP contribution in [0.4, 0.5) is 11.8 Å². The number of fused-ring (bicyclic) bond motifs is 1. The van der Waals surface area contributed by atoms with Crippen molar-refractivity contribution in [2.24, 2.45) is 0 Å². The summed E-state index contributed by atoms with van der Waals surface area (Å²) in [5.74, 6) is 2.45. The molecule has 0 spiro atoms. The van der Waals surface area contributed by atoms with Gasteiger partial charge in [-0.05, 0) is 48.2 Å². The standard InChI is InChI=1S/C18H20N4O/c1-10(2)13-6-4-11(3)8-16(13)23-12-5-7-15-14(9-12)17(19)22-18(20)21-15/h4-10H,1-3H3,(H4,19,20,21,22). The molecule has 5 nitrogen and oxygen atoms in total. The van der Waals surface area contributed by atoms with E-state index in [1.54, 1.807) is 0 Å². The first-order valence-electron chi connectivity index (χ1n) is 7.55. The summed E-state index contributed by atoms with van der Waals surface area (Å²) in [4.78, 5) is 8.17. The summed E-state index contributed by atoms with van der Waals surface area (Å²) in [5, 5.41) is 0.732. The number of anilines is 2. The number of nitrogen functional groups attached to an aromatic ring is 2. The number of hydrogen-bond donors (Lipinski definition) is 2. The van der Waals surface area contributed by atoms with Gasteiger partial charge in [0.2, 0.25) is 5.95 Å². The fraction of sp³-hybridized carbons (Fsp3) is 0.222. The van der Waals surface area contributed by atoms with Gasteiger partial charge in [-0.25, -0.2) is 4.98 Å². The van der Waals surface area contributed by atoms with Crippen LogP contribution in [0.5, 0.6) is 11.5 Å². The molecule has 0 aliphatic heterocycles. The van der Waals surface area contributed by atoms with Crippen LogP contribution < -0.4 is 16.2 Å². The molecule has 0 amide bonds. The molecule has 0 fully saturated rings. The first-order chi connectivity index (χ1) is 10.9. The van der Waals surface area contributed by atoms with Crippen LogP contribution in [-0.4, -0.2) is 9.97 Å². The van der Waals surface area contributed by atoms with Crippen LogP contribution in [0.2, 0.25) is 0 Å². The van der Waals surface area contributed by atoms with Gasteiger partial charge in [-0.2, -0.15) is 4.98 Å². The highest BCUT2D eigenvalue weighted by Crippen LogP contribution is 2.33. The van der Waals surface area contributed by atoms with Crippen molar-refractivity contribution in [3.05, 3.63) is 47.5 Å². The number of benzene rings is 2. The lowest BCUT2D eigenvalue weighted by atomic mass is 10.0. The van der Waals surface area contributed by atoms with Crippen LogP contribution in [0.15, 0.2) is 36.4 Å². The van der Waals surface area contributed by atoms with Crippen molar-refractivity contribution in [1.82, 2.24) is 9.97 Å². The van der Waals surface area contributed by atoms with Gasteiger partial charge in [0.15, 0.2) is 0 Å². The number of nitrogens with two attached hydrogens (primary N) is 2. The third kappa shape index (κ3) is 3.04. The average molecular weight is 308 g/mol. The second-order valence-electron chi connectivity index (χ2n) is 5.94. The molecule has 118 valence electrons. The highest BCUT2D eigenvalue weighted by molar-refractivity contribution is 5.90. The lowest BCUT2D eigenvalue weighted by Gasteiger charge is -2.15. The maximum atomic E-state index is 6.10. The van der Waals surface area contributed by atoms with E-state index >= 15 is 0 Å². The van der Waals surface area contributed by atoms with E-state index in [-0.39, 0.29) is 5.95 Å². The third-order valence-electron chi connectivity index (χ3n) is 3.73. The Kier molecular flexibility index (Phi) is 3.78. The Bertz CT molecular complexity index is 874. The number of nitrogens with zero attached hydrogens (tertiary/aromatic N) is 2. The molecule has 3 aromatic rings. The minimum atomic E-state index is 0.171. The van der Waals surface area contributed by atoms with Crippen LogP contribution in [0, 0.1) is 6.92 Å². The van der Waals surface area contributed by atoms with Crippen molar-refractivity contribution < 1.29 is 4.74 Å². The summed E-state index contributed by atoms with van der Waals surface area (Å²) in [7, 11) is 0. The van der Waals surface area contributed by atoms with E-state index in [9.17, 15) is 0 Å². The van der Waals surface area contributed by atoms with E-state index in [4.69, 9.17) is 16.2 Å². The summed E-state index contributed by atoms with van der Waals surface area (Å²) < 4.78 is 6.10. The molecule has 0 bridgehead atoms. The van der Waals surface area contributed by atoms with Gasteiger partial charge >= 0.3 is 0 Å². The number of ether oxygens (including phenoxy) is 1. The van der Waals surface area contributed by atoms with Gasteiger partial charge in [-0.3, -0.25) is 0 Å². The first-order valence-corrected chi connectivity index (χ1v) is 7.55. The largest absolute Gasteiger partial charge is 0.457 e. The number of aromatic nitrogens is 2. The van der Waals surface area contributed by atoms with Crippen molar-refractivity contribution in [2.75, 3.05) is 11.5 Å². The molecule has 0 unspecified atom stereocenters. The first kappa shape index (κ1) is 15.1. The number of rotatable bonds is 3. The van der Waals surface area contributed by atoms with Gasteiger partial charge < -0.3 is 16.2 Å². The molecule has 0 atom stereocenters. The maximum absolute atomic E-state index is 6.10. The summed E-state index contributed by atoms with van der Waals surface area (Å²) in [6, 6.07) is 11.8. The quantitative estimate of drug-likeness (QED) is 0.763. The summed E-state index contributed by atoms with van der Waals surface area (Å²) in [6.07, 6.45) is 0. The Morgan fingerprint density at radius 2 is 1.78 bits per heavy atom. The van der Waals surface area contributed by atoms with E-state index < -0.39 is 0 Å². The van der Waals surface area contributed by atoms with Gasteiger partial charge in [-0.15, -0.1) is 0 Å². The molecule has 23 heavy (non-hydrogen) atoms. The third-order valence-corrected chi connectivity index (χ3v) is 3.73. The van der Waals surface area contributed by atoms with Crippen molar-refractivity contribution in [2.45, 2.75) is 26.7 Å². The number of aryl methyl sites for hydroxylation is 1. The molecule has 4 N–H and O–H groups in total. The molecule has 5 heteroatoms. The Labute approximate surface area is 135 Å². The lowest BCUT2D eigenvalue weighted by Crippen LogP contribution is -2.00. The van der Waals surface area contributed by atoms with Gasteiger partial charge in [0.25, 0.3) is 0 Å². The van der Waals surface area contributed by atoms with Crippen molar-refractivity contribution in [3.63, 3.8) is 0 Å². The minimum absolute atomic E-state index is 0.171. The van der Waals surface area contributed by atoms with E-state index in [0.717, 1.165) is 22.3 Å². The van der Waals surface area contributed by atoms with Crippen LogP contribution in [0.1, 0.15) is 30.9 Å². The van der Waals surface area contributed by atoms with E-state index in [1.807, 2.05) is 31.2 Å².